The zero-order valence-corrected chi connectivity index (χ0v) is 12.9. The summed E-state index contributed by atoms with van der Waals surface area (Å²) in [5, 5.41) is 8.16. The Bertz CT molecular complexity index is 502. The third-order valence-corrected chi connectivity index (χ3v) is 4.71. The van der Waals surface area contributed by atoms with E-state index in [0.29, 0.717) is 30.4 Å². The quantitative estimate of drug-likeness (QED) is 0.843. The van der Waals surface area contributed by atoms with Gasteiger partial charge in [0.25, 0.3) is 0 Å². The molecule has 2 aliphatic rings. The molecule has 0 spiro atoms. The molecular weight excluding hydrogens is 268 g/mol. The molecule has 2 saturated heterocycles. The first-order valence-electron chi connectivity index (χ1n) is 8.01. The van der Waals surface area contributed by atoms with Crippen LogP contribution in [0.2, 0.25) is 0 Å². The van der Waals surface area contributed by atoms with E-state index in [1.54, 1.807) is 6.92 Å². The second-order valence-corrected chi connectivity index (χ2v) is 6.05. The number of nitrogens with zero attached hydrogens (tertiary/aromatic N) is 4. The number of amides is 1. The van der Waals surface area contributed by atoms with Gasteiger partial charge in [0.2, 0.25) is 17.7 Å². The molecule has 6 nitrogen and oxygen atoms in total. The zero-order valence-electron chi connectivity index (χ0n) is 12.9. The fourth-order valence-corrected chi connectivity index (χ4v) is 3.74. The molecule has 2 unspecified atom stereocenters. The molecule has 0 aliphatic carbocycles. The topological polar surface area (TPSA) is 62.5 Å². The monoisotopic (exact) mass is 292 g/mol. The Hall–Kier alpha value is -1.43. The van der Waals surface area contributed by atoms with Gasteiger partial charge in [-0.3, -0.25) is 9.69 Å². The van der Waals surface area contributed by atoms with E-state index < -0.39 is 0 Å². The highest BCUT2D eigenvalue weighted by atomic mass is 16.4. The first-order chi connectivity index (χ1) is 10.2. The molecule has 3 heterocycles. The summed E-state index contributed by atoms with van der Waals surface area (Å²) in [4.78, 5) is 16.3. The number of rotatable bonds is 4. The van der Waals surface area contributed by atoms with Crippen LogP contribution in [0.25, 0.3) is 0 Å². The molecular formula is C15H24N4O2. The average molecular weight is 292 g/mol. The Morgan fingerprint density at radius 2 is 1.90 bits per heavy atom. The zero-order chi connectivity index (χ0) is 14.8. The number of carbonyl (C=O) groups excluding carboxylic acids is 1. The number of likely N-dealkylation sites (tertiary alicyclic amines) is 2. The van der Waals surface area contributed by atoms with Crippen molar-refractivity contribution in [3.63, 3.8) is 0 Å². The molecule has 2 fully saturated rings. The van der Waals surface area contributed by atoms with Gasteiger partial charge in [-0.15, -0.1) is 10.2 Å². The van der Waals surface area contributed by atoms with E-state index in [0.717, 1.165) is 38.8 Å². The third-order valence-electron chi connectivity index (χ3n) is 4.71. The van der Waals surface area contributed by atoms with Crippen LogP contribution in [0.5, 0.6) is 0 Å². The van der Waals surface area contributed by atoms with Gasteiger partial charge in [-0.25, -0.2) is 0 Å². The van der Waals surface area contributed by atoms with Gasteiger partial charge in [-0.2, -0.15) is 0 Å². The van der Waals surface area contributed by atoms with Gasteiger partial charge in [0.05, 0.1) is 6.54 Å². The highest BCUT2D eigenvalue weighted by molar-refractivity contribution is 5.74. The molecule has 0 N–H and O–H groups in total. The molecule has 21 heavy (non-hydrogen) atoms. The number of hydrogen-bond donors (Lipinski definition) is 0. The Kier molecular flexibility index (Phi) is 4.24. The van der Waals surface area contributed by atoms with Crippen LogP contribution < -0.4 is 0 Å². The molecule has 0 radical (unpaired) electrons. The summed E-state index contributed by atoms with van der Waals surface area (Å²) in [5.41, 5.74) is 0. The van der Waals surface area contributed by atoms with Crippen molar-refractivity contribution in [3.05, 3.63) is 11.8 Å². The van der Waals surface area contributed by atoms with Crippen molar-refractivity contribution in [2.75, 3.05) is 13.1 Å². The van der Waals surface area contributed by atoms with Crippen LogP contribution in [0.4, 0.5) is 0 Å². The number of hydrogen-bond acceptors (Lipinski definition) is 5. The van der Waals surface area contributed by atoms with E-state index in [2.05, 4.69) is 15.1 Å². The van der Waals surface area contributed by atoms with Crippen LogP contribution in [0.1, 0.15) is 51.3 Å². The number of carbonyl (C=O) groups is 1. The molecule has 6 heteroatoms. The minimum Gasteiger partial charge on any atom is -0.424 e. The van der Waals surface area contributed by atoms with Crippen LogP contribution in [0.3, 0.4) is 0 Å². The van der Waals surface area contributed by atoms with Crippen molar-refractivity contribution in [2.24, 2.45) is 0 Å². The molecule has 3 rings (SSSR count). The van der Waals surface area contributed by atoms with Crippen LogP contribution in [-0.4, -0.2) is 51.1 Å². The van der Waals surface area contributed by atoms with Crippen molar-refractivity contribution >= 4 is 5.91 Å². The predicted molar refractivity (Wildman–Crippen MR) is 77.5 cm³/mol. The lowest BCUT2D eigenvalue weighted by Crippen LogP contribution is -2.47. The molecule has 1 aromatic heterocycles. The van der Waals surface area contributed by atoms with Crippen LogP contribution in [0.15, 0.2) is 4.42 Å². The molecule has 0 aromatic carbocycles. The van der Waals surface area contributed by atoms with E-state index in [-0.39, 0.29) is 5.91 Å². The fraction of sp³-hybridized carbons (Fsp3) is 0.800. The first-order valence-corrected chi connectivity index (χ1v) is 8.01. The molecule has 2 aliphatic heterocycles. The van der Waals surface area contributed by atoms with Gasteiger partial charge >= 0.3 is 0 Å². The predicted octanol–water partition coefficient (Wildman–Crippen LogP) is 1.61. The molecule has 0 bridgehead atoms. The van der Waals surface area contributed by atoms with E-state index in [4.69, 9.17) is 4.42 Å². The maximum absolute atomic E-state index is 11.8. The largest absolute Gasteiger partial charge is 0.424 e. The highest BCUT2D eigenvalue weighted by Crippen LogP contribution is 2.30. The SMILES string of the molecule is CCc1nnc(CN2CCCC2C2CCCN2C(C)=O)o1. The van der Waals surface area contributed by atoms with Crippen LogP contribution in [-0.2, 0) is 17.8 Å². The number of aromatic nitrogens is 2. The summed E-state index contributed by atoms with van der Waals surface area (Å²) in [6, 6.07) is 0.798. The molecule has 2 atom stereocenters. The minimum absolute atomic E-state index is 0.204. The van der Waals surface area contributed by atoms with Gasteiger partial charge in [-0.1, -0.05) is 6.92 Å². The van der Waals surface area contributed by atoms with E-state index in [1.165, 1.54) is 6.42 Å². The van der Waals surface area contributed by atoms with Crippen molar-refractivity contribution in [1.82, 2.24) is 20.0 Å². The first kappa shape index (κ1) is 14.5. The molecule has 116 valence electrons. The van der Waals surface area contributed by atoms with Gasteiger partial charge < -0.3 is 9.32 Å². The van der Waals surface area contributed by atoms with Crippen molar-refractivity contribution in [3.8, 4) is 0 Å². The van der Waals surface area contributed by atoms with Crippen LogP contribution >= 0.6 is 0 Å². The van der Waals surface area contributed by atoms with Crippen molar-refractivity contribution in [2.45, 2.75) is 64.6 Å². The van der Waals surface area contributed by atoms with Gasteiger partial charge in [0.1, 0.15) is 0 Å². The van der Waals surface area contributed by atoms with E-state index in [9.17, 15) is 4.79 Å². The van der Waals surface area contributed by atoms with Crippen LogP contribution in [0, 0.1) is 0 Å². The van der Waals surface area contributed by atoms with Gasteiger partial charge in [0.15, 0.2) is 0 Å². The summed E-state index contributed by atoms with van der Waals surface area (Å²) < 4.78 is 5.64. The standard InChI is InChI=1S/C15H24N4O2/c1-3-14-16-17-15(21-14)10-18-8-4-6-12(18)13-7-5-9-19(13)11(2)20/h12-13H,3-10H2,1-2H3. The van der Waals surface area contributed by atoms with E-state index in [1.807, 2.05) is 11.8 Å². The summed E-state index contributed by atoms with van der Waals surface area (Å²) in [7, 11) is 0. The Labute approximate surface area is 125 Å². The van der Waals surface area contributed by atoms with E-state index >= 15 is 0 Å². The summed E-state index contributed by atoms with van der Waals surface area (Å²) >= 11 is 0. The molecule has 1 amide bonds. The smallest absolute Gasteiger partial charge is 0.230 e. The van der Waals surface area contributed by atoms with Gasteiger partial charge in [-0.05, 0) is 32.2 Å². The van der Waals surface area contributed by atoms with Crippen molar-refractivity contribution in [1.29, 1.82) is 0 Å². The second-order valence-electron chi connectivity index (χ2n) is 6.05. The second kappa shape index (κ2) is 6.13. The van der Waals surface area contributed by atoms with Gasteiger partial charge in [0, 0.05) is 32.0 Å². The Morgan fingerprint density at radius 1 is 1.19 bits per heavy atom. The molecule has 0 saturated carbocycles. The normalized spacial score (nSPS) is 26.7. The lowest BCUT2D eigenvalue weighted by atomic mass is 10.0. The molecule has 1 aromatic rings. The Morgan fingerprint density at radius 3 is 2.62 bits per heavy atom. The summed E-state index contributed by atoms with van der Waals surface area (Å²) in [6.07, 6.45) is 5.35. The lowest BCUT2D eigenvalue weighted by Gasteiger charge is -2.34. The average Bonchev–Trinajstić information content (AvgIpc) is 3.18. The number of aryl methyl sites for hydroxylation is 1. The maximum Gasteiger partial charge on any atom is 0.230 e. The maximum atomic E-state index is 11.8. The summed E-state index contributed by atoms with van der Waals surface area (Å²) in [5.74, 6) is 1.61. The summed E-state index contributed by atoms with van der Waals surface area (Å²) in [6.45, 7) is 6.36. The Balaban J connectivity index is 1.68. The lowest BCUT2D eigenvalue weighted by molar-refractivity contribution is -0.130. The minimum atomic E-state index is 0.204. The fourth-order valence-electron chi connectivity index (χ4n) is 3.74. The third kappa shape index (κ3) is 2.95. The highest BCUT2D eigenvalue weighted by Gasteiger charge is 2.39. The van der Waals surface area contributed by atoms with Crippen molar-refractivity contribution < 1.29 is 9.21 Å².